The number of nitrogens with one attached hydrogen (secondary N) is 1. The minimum absolute atomic E-state index is 0.232. The van der Waals surface area contributed by atoms with Gasteiger partial charge in [0.15, 0.2) is 0 Å². The van der Waals surface area contributed by atoms with Gasteiger partial charge in [0.25, 0.3) is 0 Å². The molecule has 1 aliphatic rings. The zero-order chi connectivity index (χ0) is 16.4. The first-order valence-electron chi connectivity index (χ1n) is 8.19. The standard InChI is InChI=1S/C20H18FN3/c21-16-8-6-15(7-9-16)20-17-13-22-11-10-18(17)23-19(24-20)12-14-4-2-1-3-5-14/h1-9,22H,10-13H2. The van der Waals surface area contributed by atoms with E-state index in [0.717, 1.165) is 47.8 Å². The van der Waals surface area contributed by atoms with E-state index in [-0.39, 0.29) is 5.82 Å². The smallest absolute Gasteiger partial charge is 0.133 e. The molecule has 0 radical (unpaired) electrons. The van der Waals surface area contributed by atoms with Crippen molar-refractivity contribution in [3.05, 3.63) is 83.1 Å². The summed E-state index contributed by atoms with van der Waals surface area (Å²) < 4.78 is 13.3. The summed E-state index contributed by atoms with van der Waals surface area (Å²) in [6, 6.07) is 16.8. The average Bonchev–Trinajstić information content (AvgIpc) is 2.63. The molecule has 2 heterocycles. The Labute approximate surface area is 140 Å². The minimum Gasteiger partial charge on any atom is -0.312 e. The van der Waals surface area contributed by atoms with Crippen molar-refractivity contribution in [3.8, 4) is 11.3 Å². The van der Waals surface area contributed by atoms with Crippen LogP contribution in [0.3, 0.4) is 0 Å². The van der Waals surface area contributed by atoms with Crippen molar-refractivity contribution < 1.29 is 4.39 Å². The first kappa shape index (κ1) is 15.0. The molecule has 0 saturated carbocycles. The molecular weight excluding hydrogens is 301 g/mol. The summed E-state index contributed by atoms with van der Waals surface area (Å²) in [5.74, 6) is 0.588. The molecule has 0 fully saturated rings. The lowest BCUT2D eigenvalue weighted by molar-refractivity contribution is 0.622. The predicted molar refractivity (Wildman–Crippen MR) is 92.1 cm³/mol. The molecule has 1 aliphatic heterocycles. The van der Waals surface area contributed by atoms with Crippen molar-refractivity contribution >= 4 is 0 Å². The Kier molecular flexibility index (Phi) is 4.05. The van der Waals surface area contributed by atoms with Gasteiger partial charge in [-0.25, -0.2) is 14.4 Å². The summed E-state index contributed by atoms with van der Waals surface area (Å²) in [5, 5.41) is 3.38. The van der Waals surface area contributed by atoms with Gasteiger partial charge in [0, 0.05) is 37.1 Å². The summed E-state index contributed by atoms with van der Waals surface area (Å²) in [6.07, 6.45) is 1.60. The van der Waals surface area contributed by atoms with Crippen LogP contribution in [0.1, 0.15) is 22.6 Å². The van der Waals surface area contributed by atoms with E-state index in [2.05, 4.69) is 17.4 Å². The molecular formula is C20H18FN3. The van der Waals surface area contributed by atoms with E-state index in [1.54, 1.807) is 12.1 Å². The van der Waals surface area contributed by atoms with Crippen LogP contribution in [0.2, 0.25) is 0 Å². The van der Waals surface area contributed by atoms with Gasteiger partial charge in [-0.05, 0) is 29.8 Å². The largest absolute Gasteiger partial charge is 0.312 e. The third-order valence-corrected chi connectivity index (χ3v) is 4.30. The molecule has 1 aromatic heterocycles. The second kappa shape index (κ2) is 6.49. The van der Waals surface area contributed by atoms with Crippen LogP contribution in [0.4, 0.5) is 4.39 Å². The minimum atomic E-state index is -0.232. The Balaban J connectivity index is 1.79. The molecule has 0 bridgehead atoms. The van der Waals surface area contributed by atoms with Crippen LogP contribution in [0.25, 0.3) is 11.3 Å². The molecule has 0 unspecified atom stereocenters. The van der Waals surface area contributed by atoms with Gasteiger partial charge in [-0.3, -0.25) is 0 Å². The number of hydrogen-bond donors (Lipinski definition) is 1. The van der Waals surface area contributed by atoms with E-state index in [0.29, 0.717) is 6.42 Å². The molecule has 0 spiro atoms. The van der Waals surface area contributed by atoms with Gasteiger partial charge in [-0.1, -0.05) is 30.3 Å². The third kappa shape index (κ3) is 3.05. The SMILES string of the molecule is Fc1ccc(-c2nc(Cc3ccccc3)nc3c2CNCC3)cc1. The number of nitrogens with zero attached hydrogens (tertiary/aromatic N) is 2. The summed E-state index contributed by atoms with van der Waals surface area (Å²) >= 11 is 0. The van der Waals surface area contributed by atoms with Gasteiger partial charge in [0.05, 0.1) is 11.4 Å². The van der Waals surface area contributed by atoms with E-state index >= 15 is 0 Å². The fourth-order valence-corrected chi connectivity index (χ4v) is 3.10. The van der Waals surface area contributed by atoms with Crippen molar-refractivity contribution in [1.29, 1.82) is 0 Å². The highest BCUT2D eigenvalue weighted by atomic mass is 19.1. The monoisotopic (exact) mass is 319 g/mol. The predicted octanol–water partition coefficient (Wildman–Crippen LogP) is 3.52. The number of hydrogen-bond acceptors (Lipinski definition) is 3. The van der Waals surface area contributed by atoms with Gasteiger partial charge in [-0.2, -0.15) is 0 Å². The summed E-state index contributed by atoms with van der Waals surface area (Å²) in [6.45, 7) is 1.69. The van der Waals surface area contributed by atoms with Crippen LogP contribution >= 0.6 is 0 Å². The molecule has 2 aromatic carbocycles. The zero-order valence-electron chi connectivity index (χ0n) is 13.3. The van der Waals surface area contributed by atoms with Crippen LogP contribution in [0, 0.1) is 5.82 Å². The molecule has 4 rings (SSSR count). The Bertz CT molecular complexity index is 845. The topological polar surface area (TPSA) is 37.8 Å². The van der Waals surface area contributed by atoms with E-state index < -0.39 is 0 Å². The van der Waals surface area contributed by atoms with Crippen LogP contribution in [-0.4, -0.2) is 16.5 Å². The Morgan fingerprint density at radius 1 is 0.958 bits per heavy atom. The second-order valence-corrected chi connectivity index (χ2v) is 6.01. The Morgan fingerprint density at radius 3 is 2.54 bits per heavy atom. The van der Waals surface area contributed by atoms with Crippen molar-refractivity contribution in [2.75, 3.05) is 6.54 Å². The third-order valence-electron chi connectivity index (χ3n) is 4.30. The van der Waals surface area contributed by atoms with Crippen LogP contribution in [0.5, 0.6) is 0 Å². The molecule has 0 saturated heterocycles. The lowest BCUT2D eigenvalue weighted by Crippen LogP contribution is -2.26. The van der Waals surface area contributed by atoms with Crippen LogP contribution in [-0.2, 0) is 19.4 Å². The first-order valence-corrected chi connectivity index (χ1v) is 8.19. The van der Waals surface area contributed by atoms with Gasteiger partial charge in [0.1, 0.15) is 11.6 Å². The Morgan fingerprint density at radius 2 is 1.75 bits per heavy atom. The lowest BCUT2D eigenvalue weighted by Gasteiger charge is -2.20. The van der Waals surface area contributed by atoms with E-state index in [1.165, 1.54) is 17.7 Å². The van der Waals surface area contributed by atoms with Gasteiger partial charge >= 0.3 is 0 Å². The lowest BCUT2D eigenvalue weighted by atomic mass is 9.99. The van der Waals surface area contributed by atoms with E-state index in [4.69, 9.17) is 9.97 Å². The normalized spacial score (nSPS) is 13.5. The zero-order valence-corrected chi connectivity index (χ0v) is 13.3. The molecule has 0 atom stereocenters. The number of fused-ring (bicyclic) bond motifs is 1. The van der Waals surface area contributed by atoms with E-state index in [1.807, 2.05) is 18.2 Å². The van der Waals surface area contributed by atoms with Crippen LogP contribution < -0.4 is 5.32 Å². The molecule has 0 amide bonds. The van der Waals surface area contributed by atoms with Crippen molar-refractivity contribution in [3.63, 3.8) is 0 Å². The molecule has 120 valence electrons. The number of aromatic nitrogens is 2. The molecule has 0 aliphatic carbocycles. The highest BCUT2D eigenvalue weighted by Crippen LogP contribution is 2.26. The maximum atomic E-state index is 13.3. The number of halogens is 1. The molecule has 3 nitrogen and oxygen atoms in total. The Hall–Kier alpha value is -2.59. The highest BCUT2D eigenvalue weighted by Gasteiger charge is 2.18. The van der Waals surface area contributed by atoms with Crippen molar-refractivity contribution in [2.24, 2.45) is 0 Å². The summed E-state index contributed by atoms with van der Waals surface area (Å²) in [5.41, 5.74) is 5.28. The molecule has 4 heteroatoms. The summed E-state index contributed by atoms with van der Waals surface area (Å²) in [4.78, 5) is 9.59. The van der Waals surface area contributed by atoms with E-state index in [9.17, 15) is 4.39 Å². The quantitative estimate of drug-likeness (QED) is 0.803. The van der Waals surface area contributed by atoms with Crippen molar-refractivity contribution in [2.45, 2.75) is 19.4 Å². The number of rotatable bonds is 3. The van der Waals surface area contributed by atoms with Gasteiger partial charge < -0.3 is 5.32 Å². The number of benzene rings is 2. The first-order chi connectivity index (χ1) is 11.8. The fourth-order valence-electron chi connectivity index (χ4n) is 3.10. The molecule has 3 aromatic rings. The maximum absolute atomic E-state index is 13.3. The second-order valence-electron chi connectivity index (χ2n) is 6.01. The fraction of sp³-hybridized carbons (Fsp3) is 0.200. The van der Waals surface area contributed by atoms with Crippen LogP contribution in [0.15, 0.2) is 54.6 Å². The van der Waals surface area contributed by atoms with Gasteiger partial charge in [0.2, 0.25) is 0 Å². The molecule has 1 N–H and O–H groups in total. The highest BCUT2D eigenvalue weighted by molar-refractivity contribution is 5.64. The maximum Gasteiger partial charge on any atom is 0.133 e. The average molecular weight is 319 g/mol. The van der Waals surface area contributed by atoms with Gasteiger partial charge in [-0.15, -0.1) is 0 Å². The molecule has 24 heavy (non-hydrogen) atoms. The summed E-state index contributed by atoms with van der Waals surface area (Å²) in [7, 11) is 0. The van der Waals surface area contributed by atoms with Crippen molar-refractivity contribution in [1.82, 2.24) is 15.3 Å².